The number of ether oxygens (including phenoxy) is 1. The van der Waals surface area contributed by atoms with E-state index in [4.69, 9.17) is 27.9 Å². The van der Waals surface area contributed by atoms with Crippen molar-refractivity contribution in [1.29, 1.82) is 0 Å². The van der Waals surface area contributed by atoms with Crippen LogP contribution in [0.2, 0.25) is 10.0 Å². The van der Waals surface area contributed by atoms with Crippen LogP contribution in [0.25, 0.3) is 34.0 Å². The van der Waals surface area contributed by atoms with Gasteiger partial charge in [-0.3, -0.25) is 19.4 Å². The molecule has 76 heavy (non-hydrogen) atoms. The zero-order chi connectivity index (χ0) is 53.5. The van der Waals surface area contributed by atoms with Crippen LogP contribution in [0, 0.1) is 35.1 Å². The third-order valence-corrected chi connectivity index (χ3v) is 17.2. The Morgan fingerprint density at radius 3 is 1.63 bits per heavy atom. The number of aromatic amines is 2. The van der Waals surface area contributed by atoms with Crippen LogP contribution < -0.4 is 4.74 Å². The van der Waals surface area contributed by atoms with Crippen LogP contribution in [0.15, 0.2) is 91.3 Å². The molecule has 2 atom stereocenters. The van der Waals surface area contributed by atoms with E-state index in [1.54, 1.807) is 48.4 Å². The van der Waals surface area contributed by atoms with E-state index in [1.165, 1.54) is 34.7 Å². The SMILES string of the molecule is COc1ccc2c(C3CCN(C(CO)C4CCN(C(=O)/C=C/c5cc(F)c(F)c(F)c5)CC4)CC3)c[nH]c2c1.O=C(/C=C/c1ccc(Cl)c(Cl)c1)N1CCC(C(CO)N2CCC(c3c[nH]c4ccc(F)cc34)CC2)CC1. The lowest BCUT2D eigenvalue weighted by Gasteiger charge is -2.43. The maximum Gasteiger partial charge on any atom is 0.246 e. The fourth-order valence-electron chi connectivity index (χ4n) is 12.1. The van der Waals surface area contributed by atoms with Crippen LogP contribution in [0.3, 0.4) is 0 Å². The summed E-state index contributed by atoms with van der Waals surface area (Å²) in [6.45, 7) is 6.30. The molecule has 10 rings (SSSR count). The Hall–Kier alpha value is -5.68. The summed E-state index contributed by atoms with van der Waals surface area (Å²) in [5.41, 5.74) is 5.49. The van der Waals surface area contributed by atoms with E-state index in [0.717, 1.165) is 117 Å². The number of H-pyrrole nitrogens is 2. The Bertz CT molecular complexity index is 3000. The summed E-state index contributed by atoms with van der Waals surface area (Å²) in [6, 6.07) is 18.2. The largest absolute Gasteiger partial charge is 0.497 e. The van der Waals surface area contributed by atoms with E-state index in [2.05, 4.69) is 32.0 Å². The quantitative estimate of drug-likeness (QED) is 0.0515. The fourth-order valence-corrected chi connectivity index (χ4v) is 12.4. The van der Waals surface area contributed by atoms with Crippen LogP contribution in [-0.2, 0) is 9.59 Å². The average Bonchev–Trinajstić information content (AvgIpc) is 4.07. The molecular weight excluding hydrogens is 1020 g/mol. The normalized spacial score (nSPS) is 19.0. The number of aliphatic hydroxyl groups is 2. The minimum absolute atomic E-state index is 0.0129. The molecule has 2 unspecified atom stereocenters. The van der Waals surface area contributed by atoms with Gasteiger partial charge in [0.2, 0.25) is 11.8 Å². The summed E-state index contributed by atoms with van der Waals surface area (Å²) in [6.07, 6.45) is 17.3. The second-order valence-corrected chi connectivity index (χ2v) is 21.5. The van der Waals surface area contributed by atoms with Crippen molar-refractivity contribution in [3.05, 3.63) is 147 Å². The number of carbonyl (C=O) groups is 2. The summed E-state index contributed by atoms with van der Waals surface area (Å²) < 4.78 is 59.2. The second kappa shape index (κ2) is 25.2. The number of aliphatic hydroxyl groups excluding tert-OH is 2. The number of benzene rings is 4. The molecular formula is C59H66Cl2F4N6O5. The highest BCUT2D eigenvalue weighted by atomic mass is 35.5. The van der Waals surface area contributed by atoms with Crippen LogP contribution in [0.4, 0.5) is 17.6 Å². The van der Waals surface area contributed by atoms with Gasteiger partial charge in [0, 0.05) is 90.7 Å². The van der Waals surface area contributed by atoms with Crippen molar-refractivity contribution in [1.82, 2.24) is 29.6 Å². The molecule has 0 aliphatic carbocycles. The maximum absolute atomic E-state index is 13.8. The first-order chi connectivity index (χ1) is 36.8. The van der Waals surface area contributed by atoms with Gasteiger partial charge in [0.05, 0.1) is 30.4 Å². The molecule has 11 nitrogen and oxygen atoms in total. The number of rotatable bonds is 13. The van der Waals surface area contributed by atoms with Gasteiger partial charge < -0.3 is 34.7 Å². The number of piperidine rings is 4. The Morgan fingerprint density at radius 2 is 1.12 bits per heavy atom. The van der Waals surface area contributed by atoms with Gasteiger partial charge in [-0.2, -0.15) is 0 Å². The van der Waals surface area contributed by atoms with Gasteiger partial charge in [0.25, 0.3) is 0 Å². The lowest BCUT2D eigenvalue weighted by molar-refractivity contribution is -0.128. The highest BCUT2D eigenvalue weighted by Gasteiger charge is 2.36. The lowest BCUT2D eigenvalue weighted by Crippen LogP contribution is -2.50. The number of amides is 2. The summed E-state index contributed by atoms with van der Waals surface area (Å²) in [7, 11) is 1.67. The van der Waals surface area contributed by atoms with Crippen molar-refractivity contribution in [2.24, 2.45) is 11.8 Å². The van der Waals surface area contributed by atoms with Gasteiger partial charge in [-0.15, -0.1) is 0 Å². The van der Waals surface area contributed by atoms with Crippen molar-refractivity contribution < 1.29 is 42.1 Å². The summed E-state index contributed by atoms with van der Waals surface area (Å²) >= 11 is 12.0. The van der Waals surface area contributed by atoms with Crippen molar-refractivity contribution in [3.8, 4) is 5.75 Å². The van der Waals surface area contributed by atoms with E-state index in [0.29, 0.717) is 54.0 Å². The third kappa shape index (κ3) is 12.8. The van der Waals surface area contributed by atoms with Crippen LogP contribution >= 0.6 is 23.2 Å². The van der Waals surface area contributed by atoms with E-state index in [-0.39, 0.29) is 54.4 Å². The third-order valence-electron chi connectivity index (χ3n) is 16.4. The molecule has 4 aromatic carbocycles. The molecule has 4 aliphatic heterocycles. The molecule has 0 radical (unpaired) electrons. The van der Waals surface area contributed by atoms with E-state index < -0.39 is 17.5 Å². The van der Waals surface area contributed by atoms with Crippen molar-refractivity contribution in [2.45, 2.75) is 75.3 Å². The van der Waals surface area contributed by atoms with E-state index in [9.17, 15) is 37.4 Å². The molecule has 4 N–H and O–H groups in total. The van der Waals surface area contributed by atoms with Crippen molar-refractivity contribution in [2.75, 3.05) is 72.7 Å². The number of methoxy groups -OCH3 is 1. The first kappa shape index (κ1) is 55.1. The maximum atomic E-state index is 13.8. The van der Waals surface area contributed by atoms with Gasteiger partial charge in [-0.1, -0.05) is 29.3 Å². The van der Waals surface area contributed by atoms with Crippen LogP contribution in [0.1, 0.15) is 85.5 Å². The number of nitrogens with one attached hydrogen (secondary N) is 2. The Balaban J connectivity index is 0.000000186. The highest BCUT2D eigenvalue weighted by Crippen LogP contribution is 2.38. The standard InChI is InChI=1S/C30H34F3N3O3.C29H32Cl2FN3O2/c1-39-22-3-4-23-24(17-34-27(23)16-22)20-6-10-35(11-7-20)28(18-37)21-8-12-36(13-9-21)29(38)5-2-19-14-25(31)30(33)26(32)15-19;30-25-4-1-19(15-26(25)31)2-6-29(37)35-13-9-21(10-14-35)28(18-36)34-11-7-20(8-12-34)24-17-33-27-5-3-22(32)16-23(24)27/h2-5,14-17,20-21,28,34,37H,6-13,18H2,1H3;1-6,15-17,20-21,28,33,36H,7-14,18H2/b5-2+;6-2+. The predicted octanol–water partition coefficient (Wildman–Crippen LogP) is 11.2. The molecule has 0 saturated carbocycles. The second-order valence-electron chi connectivity index (χ2n) is 20.7. The van der Waals surface area contributed by atoms with Gasteiger partial charge >= 0.3 is 0 Å². The number of likely N-dealkylation sites (tertiary alicyclic amines) is 4. The van der Waals surface area contributed by atoms with Crippen molar-refractivity contribution in [3.63, 3.8) is 0 Å². The lowest BCUT2D eigenvalue weighted by atomic mass is 9.84. The van der Waals surface area contributed by atoms with E-state index in [1.807, 2.05) is 29.3 Å². The number of hydrogen-bond acceptors (Lipinski definition) is 7. The molecule has 17 heteroatoms. The zero-order valence-electron chi connectivity index (χ0n) is 42.7. The molecule has 4 aliphatic rings. The molecule has 4 fully saturated rings. The van der Waals surface area contributed by atoms with Crippen molar-refractivity contribution >= 4 is 69.0 Å². The molecule has 404 valence electrons. The van der Waals surface area contributed by atoms with Crippen LogP contribution in [0.5, 0.6) is 5.75 Å². The summed E-state index contributed by atoms with van der Waals surface area (Å²) in [5, 5.41) is 23.7. The Labute approximate surface area is 451 Å². The fraction of sp³-hybridized carbons (Fsp3) is 0.424. The number of fused-ring (bicyclic) bond motifs is 2. The van der Waals surface area contributed by atoms with E-state index >= 15 is 0 Å². The smallest absolute Gasteiger partial charge is 0.246 e. The predicted molar refractivity (Wildman–Crippen MR) is 291 cm³/mol. The zero-order valence-corrected chi connectivity index (χ0v) is 44.2. The molecule has 6 heterocycles. The average molecular weight is 1090 g/mol. The number of halogens is 6. The molecule has 6 aromatic rings. The van der Waals surface area contributed by atoms with Gasteiger partial charge in [-0.05, 0) is 190 Å². The summed E-state index contributed by atoms with van der Waals surface area (Å²) in [4.78, 5) is 40.4. The number of hydrogen-bond donors (Lipinski definition) is 4. The first-order valence-electron chi connectivity index (χ1n) is 26.5. The molecule has 2 aromatic heterocycles. The Kier molecular flexibility index (Phi) is 18.3. The van der Waals surface area contributed by atoms with Gasteiger partial charge in [0.15, 0.2) is 17.5 Å². The molecule has 4 saturated heterocycles. The molecule has 2 amide bonds. The number of carbonyl (C=O) groups excluding carboxylic acids is 2. The molecule has 0 spiro atoms. The van der Waals surface area contributed by atoms with Gasteiger partial charge in [0.1, 0.15) is 11.6 Å². The summed E-state index contributed by atoms with van der Waals surface area (Å²) in [5.74, 6) is -2.27. The minimum Gasteiger partial charge on any atom is -0.497 e. The first-order valence-corrected chi connectivity index (χ1v) is 27.2. The van der Waals surface area contributed by atoms with Gasteiger partial charge in [-0.25, -0.2) is 17.6 Å². The van der Waals surface area contributed by atoms with Crippen LogP contribution in [-0.4, -0.2) is 136 Å². The number of aromatic nitrogens is 2. The monoisotopic (exact) mass is 1080 g/mol. The Morgan fingerprint density at radius 1 is 0.605 bits per heavy atom. The topological polar surface area (TPSA) is 128 Å². The molecule has 0 bridgehead atoms. The minimum atomic E-state index is -1.53. The number of nitrogens with zero attached hydrogens (tertiary/aromatic N) is 4. The highest BCUT2D eigenvalue weighted by molar-refractivity contribution is 6.42.